The second kappa shape index (κ2) is 7.50. The molecule has 9 heteroatoms. The molecule has 1 aliphatic carbocycles. The molecule has 0 bridgehead atoms. The number of hydrogen-bond donors (Lipinski definition) is 2. The quantitative estimate of drug-likeness (QED) is 0.611. The van der Waals surface area contributed by atoms with E-state index in [0.29, 0.717) is 11.7 Å². The number of ether oxygens (including phenoxy) is 1. The van der Waals surface area contributed by atoms with Crippen LogP contribution in [0.3, 0.4) is 0 Å². The molecule has 2 aromatic carbocycles. The van der Waals surface area contributed by atoms with Gasteiger partial charge in [0.2, 0.25) is 10.0 Å². The summed E-state index contributed by atoms with van der Waals surface area (Å²) in [6.07, 6.45) is 2.58. The molecule has 30 heavy (non-hydrogen) atoms. The fourth-order valence-electron chi connectivity index (χ4n) is 3.27. The van der Waals surface area contributed by atoms with E-state index in [1.807, 2.05) is 17.5 Å². The average molecular weight is 442 g/mol. The number of sulfonamides is 1. The maximum absolute atomic E-state index is 12.7. The van der Waals surface area contributed by atoms with Gasteiger partial charge in [-0.3, -0.25) is 10.1 Å². The van der Waals surface area contributed by atoms with Crippen molar-refractivity contribution in [2.24, 2.45) is 0 Å². The molecule has 1 aliphatic heterocycles. The van der Waals surface area contributed by atoms with Crippen LogP contribution in [0, 0.1) is 0 Å². The molecule has 154 valence electrons. The maximum atomic E-state index is 12.7. The van der Waals surface area contributed by atoms with Crippen molar-refractivity contribution in [2.75, 3.05) is 11.9 Å². The lowest BCUT2D eigenvalue weighted by atomic mass is 10.1. The molecule has 1 saturated carbocycles. The van der Waals surface area contributed by atoms with E-state index >= 15 is 0 Å². The summed E-state index contributed by atoms with van der Waals surface area (Å²) in [6, 6.07) is 12.0. The molecule has 0 atom stereocenters. The van der Waals surface area contributed by atoms with E-state index < -0.39 is 15.9 Å². The van der Waals surface area contributed by atoms with E-state index in [4.69, 9.17) is 4.74 Å². The minimum atomic E-state index is -3.62. The van der Waals surface area contributed by atoms with Crippen LogP contribution in [0.5, 0.6) is 5.75 Å². The molecule has 0 spiro atoms. The van der Waals surface area contributed by atoms with Crippen LogP contribution in [0.25, 0.3) is 11.3 Å². The number of rotatable bonds is 6. The average Bonchev–Trinajstić information content (AvgIpc) is 3.23. The molecule has 7 nitrogen and oxygen atoms in total. The third-order valence-electron chi connectivity index (χ3n) is 5.02. The number of benzene rings is 2. The topological polar surface area (TPSA) is 97.4 Å². The number of carbonyl (C=O) groups excluding carboxylic acids is 1. The Kier molecular flexibility index (Phi) is 4.80. The van der Waals surface area contributed by atoms with Crippen LogP contribution in [0.1, 0.15) is 28.8 Å². The monoisotopic (exact) mass is 441 g/mol. The van der Waals surface area contributed by atoms with E-state index in [9.17, 15) is 13.2 Å². The van der Waals surface area contributed by atoms with Crippen molar-refractivity contribution in [2.45, 2.75) is 30.2 Å². The smallest absolute Gasteiger partial charge is 0.257 e. The number of hydrogen-bond acceptors (Lipinski definition) is 6. The summed E-state index contributed by atoms with van der Waals surface area (Å²) >= 11 is 1.32. The van der Waals surface area contributed by atoms with Crippen molar-refractivity contribution in [3.8, 4) is 17.0 Å². The van der Waals surface area contributed by atoms with Gasteiger partial charge in [0.15, 0.2) is 5.13 Å². The van der Waals surface area contributed by atoms with Gasteiger partial charge in [0.05, 0.1) is 17.2 Å². The fraction of sp³-hybridized carbons (Fsp3) is 0.238. The highest BCUT2D eigenvalue weighted by molar-refractivity contribution is 7.89. The summed E-state index contributed by atoms with van der Waals surface area (Å²) in [6.45, 7) is 0.697. The van der Waals surface area contributed by atoms with Crippen molar-refractivity contribution in [3.63, 3.8) is 0 Å². The summed E-state index contributed by atoms with van der Waals surface area (Å²) in [7, 11) is -3.62. The molecular weight excluding hydrogens is 422 g/mol. The Morgan fingerprint density at radius 2 is 2.03 bits per heavy atom. The molecule has 3 aromatic rings. The van der Waals surface area contributed by atoms with Gasteiger partial charge in [-0.2, -0.15) is 0 Å². The summed E-state index contributed by atoms with van der Waals surface area (Å²) in [5, 5.41) is 5.10. The standard InChI is InChI=1S/C21H19N3O4S2/c25-20(15-2-1-3-17(11-15)30(26,27)24-16-5-6-16)23-21-22-18(12-29-21)13-4-7-19-14(10-13)8-9-28-19/h1-4,7,10-12,16,24H,5-6,8-9H2,(H,22,23,25). The fourth-order valence-corrected chi connectivity index (χ4v) is 5.34. The van der Waals surface area contributed by atoms with Crippen LogP contribution < -0.4 is 14.8 Å². The number of thiazole rings is 1. The van der Waals surface area contributed by atoms with Crippen LogP contribution in [0.4, 0.5) is 5.13 Å². The lowest BCUT2D eigenvalue weighted by molar-refractivity contribution is 0.102. The van der Waals surface area contributed by atoms with E-state index in [-0.39, 0.29) is 16.5 Å². The Morgan fingerprint density at radius 3 is 2.87 bits per heavy atom. The summed E-state index contributed by atoms with van der Waals surface area (Å²) in [5.41, 5.74) is 3.16. The van der Waals surface area contributed by atoms with E-state index in [1.165, 1.54) is 23.5 Å². The van der Waals surface area contributed by atoms with Crippen LogP contribution >= 0.6 is 11.3 Å². The van der Waals surface area contributed by atoms with Crippen molar-refractivity contribution in [1.82, 2.24) is 9.71 Å². The molecule has 0 radical (unpaired) electrons. The number of carbonyl (C=O) groups is 1. The first kappa shape index (κ1) is 19.2. The van der Waals surface area contributed by atoms with Gasteiger partial charge in [-0.15, -0.1) is 11.3 Å². The number of nitrogens with zero attached hydrogens (tertiary/aromatic N) is 1. The zero-order valence-corrected chi connectivity index (χ0v) is 17.6. The molecule has 1 fully saturated rings. The van der Waals surface area contributed by atoms with Gasteiger partial charge in [0.25, 0.3) is 5.91 Å². The van der Waals surface area contributed by atoms with Gasteiger partial charge < -0.3 is 4.74 Å². The number of fused-ring (bicyclic) bond motifs is 1. The summed E-state index contributed by atoms with van der Waals surface area (Å²) < 4.78 is 32.9. The Labute approximate surface area is 178 Å². The molecule has 2 heterocycles. The van der Waals surface area contributed by atoms with Gasteiger partial charge in [-0.05, 0) is 54.8 Å². The maximum Gasteiger partial charge on any atom is 0.257 e. The van der Waals surface area contributed by atoms with Crippen LogP contribution in [-0.2, 0) is 16.4 Å². The van der Waals surface area contributed by atoms with E-state index in [0.717, 1.165) is 41.8 Å². The molecule has 0 unspecified atom stereocenters. The lowest BCUT2D eigenvalue weighted by Crippen LogP contribution is -2.26. The van der Waals surface area contributed by atoms with Gasteiger partial charge in [0.1, 0.15) is 5.75 Å². The Bertz CT molecular complexity index is 1230. The Hall–Kier alpha value is -2.75. The number of amides is 1. The predicted molar refractivity (Wildman–Crippen MR) is 114 cm³/mol. The first-order chi connectivity index (χ1) is 14.5. The highest BCUT2D eigenvalue weighted by Crippen LogP contribution is 2.32. The van der Waals surface area contributed by atoms with Crippen LogP contribution in [0.2, 0.25) is 0 Å². The zero-order chi connectivity index (χ0) is 20.7. The van der Waals surface area contributed by atoms with Crippen molar-refractivity contribution < 1.29 is 17.9 Å². The van der Waals surface area contributed by atoms with Crippen molar-refractivity contribution >= 4 is 32.4 Å². The largest absolute Gasteiger partial charge is 0.493 e. The minimum Gasteiger partial charge on any atom is -0.493 e. The van der Waals surface area contributed by atoms with Gasteiger partial charge in [0, 0.05) is 29.0 Å². The van der Waals surface area contributed by atoms with Crippen LogP contribution in [-0.4, -0.2) is 32.0 Å². The number of nitrogens with one attached hydrogen (secondary N) is 2. The third kappa shape index (κ3) is 3.96. The first-order valence-electron chi connectivity index (χ1n) is 9.63. The van der Waals surface area contributed by atoms with Crippen molar-refractivity contribution in [3.05, 3.63) is 59.0 Å². The molecule has 5 rings (SSSR count). The van der Waals surface area contributed by atoms with Crippen molar-refractivity contribution in [1.29, 1.82) is 0 Å². The minimum absolute atomic E-state index is 0.00648. The lowest BCUT2D eigenvalue weighted by Gasteiger charge is -2.07. The highest BCUT2D eigenvalue weighted by Gasteiger charge is 2.28. The molecular formula is C21H19N3O4S2. The molecule has 2 N–H and O–H groups in total. The normalized spacial score (nSPS) is 15.5. The number of aromatic nitrogens is 1. The Balaban J connectivity index is 1.32. The highest BCUT2D eigenvalue weighted by atomic mass is 32.2. The van der Waals surface area contributed by atoms with Crippen LogP contribution in [0.15, 0.2) is 52.7 Å². The molecule has 0 saturated heterocycles. The van der Waals surface area contributed by atoms with Gasteiger partial charge in [-0.25, -0.2) is 18.1 Å². The molecule has 2 aliphatic rings. The molecule has 1 amide bonds. The number of anilines is 1. The molecule has 1 aromatic heterocycles. The van der Waals surface area contributed by atoms with E-state index in [1.54, 1.807) is 12.1 Å². The van der Waals surface area contributed by atoms with Gasteiger partial charge in [-0.1, -0.05) is 6.07 Å². The zero-order valence-electron chi connectivity index (χ0n) is 15.9. The predicted octanol–water partition coefficient (Wildman–Crippen LogP) is 3.44. The van der Waals surface area contributed by atoms with E-state index in [2.05, 4.69) is 21.1 Å². The summed E-state index contributed by atoms with van der Waals surface area (Å²) in [4.78, 5) is 17.2. The third-order valence-corrected chi connectivity index (χ3v) is 7.29. The second-order valence-corrected chi connectivity index (χ2v) is 9.91. The SMILES string of the molecule is O=C(Nc1nc(-c2ccc3c(c2)CCO3)cs1)c1cccc(S(=O)(=O)NC2CC2)c1. The second-order valence-electron chi connectivity index (χ2n) is 7.34. The first-order valence-corrected chi connectivity index (χ1v) is 12.0. The summed E-state index contributed by atoms with van der Waals surface area (Å²) in [5.74, 6) is 0.509. The van der Waals surface area contributed by atoms with Gasteiger partial charge >= 0.3 is 0 Å². The Morgan fingerprint density at radius 1 is 1.17 bits per heavy atom.